The minimum atomic E-state index is 0.552. The van der Waals surface area contributed by atoms with Crippen LogP contribution in [0.25, 0.3) is 0 Å². The zero-order chi connectivity index (χ0) is 14.3. The number of likely N-dealkylation sites (tertiary alicyclic amines) is 1. The Bertz CT molecular complexity index is 505. The minimum absolute atomic E-state index is 0.552. The van der Waals surface area contributed by atoms with E-state index in [9.17, 15) is 0 Å². The van der Waals surface area contributed by atoms with E-state index in [2.05, 4.69) is 26.8 Å². The molecule has 5 heteroatoms. The highest BCUT2D eigenvalue weighted by atomic mass is 35.5. The summed E-state index contributed by atoms with van der Waals surface area (Å²) >= 11 is 6.31. The van der Waals surface area contributed by atoms with Crippen LogP contribution in [-0.4, -0.2) is 47.6 Å². The largest absolute Gasteiger partial charge is 0.354 e. The van der Waals surface area contributed by atoms with Gasteiger partial charge in [-0.2, -0.15) is 0 Å². The Morgan fingerprint density at radius 2 is 1.85 bits per heavy atom. The highest BCUT2D eigenvalue weighted by molar-refractivity contribution is 6.31. The Morgan fingerprint density at radius 3 is 2.65 bits per heavy atom. The van der Waals surface area contributed by atoms with Crippen molar-refractivity contribution in [3.05, 3.63) is 16.5 Å². The molecular weight excluding hydrogens is 272 g/mol. The van der Waals surface area contributed by atoms with Crippen LogP contribution in [0, 0.1) is 19.8 Å². The smallest absolute Gasteiger partial charge is 0.171 e. The Balaban J connectivity index is 1.81. The summed E-state index contributed by atoms with van der Waals surface area (Å²) in [6, 6.07) is 0.735. The Morgan fingerprint density at radius 1 is 1.10 bits per heavy atom. The van der Waals surface area contributed by atoms with Crippen LogP contribution in [0.2, 0.25) is 5.15 Å². The predicted octanol–water partition coefficient (Wildman–Crippen LogP) is 2.67. The molecule has 1 aromatic rings. The van der Waals surface area contributed by atoms with Gasteiger partial charge in [0.2, 0.25) is 0 Å². The minimum Gasteiger partial charge on any atom is -0.354 e. The molecule has 4 nitrogen and oxygen atoms in total. The van der Waals surface area contributed by atoms with Gasteiger partial charge in [-0.1, -0.05) is 11.6 Å². The molecule has 0 spiro atoms. The number of piperidine rings is 2. The number of hydrogen-bond donors (Lipinski definition) is 0. The molecule has 1 aromatic heterocycles. The second kappa shape index (κ2) is 5.49. The molecule has 3 rings (SSSR count). The topological polar surface area (TPSA) is 32.3 Å². The van der Waals surface area contributed by atoms with Gasteiger partial charge < -0.3 is 9.80 Å². The number of rotatable bonds is 1. The highest BCUT2D eigenvalue weighted by Crippen LogP contribution is 2.33. The van der Waals surface area contributed by atoms with Gasteiger partial charge in [0.05, 0.1) is 11.4 Å². The molecule has 3 heterocycles. The standard InChI is InChI=1S/C15H23ClN4/c1-10-11(2)18-15(14(16)17-10)20-8-6-13-12(9-20)5-4-7-19(13)3/h12-13H,4-9H2,1-3H3. The van der Waals surface area contributed by atoms with E-state index < -0.39 is 0 Å². The van der Waals surface area contributed by atoms with Crippen molar-refractivity contribution in [2.75, 3.05) is 31.6 Å². The van der Waals surface area contributed by atoms with Crippen molar-refractivity contribution in [3.8, 4) is 0 Å². The van der Waals surface area contributed by atoms with Gasteiger partial charge in [0.25, 0.3) is 0 Å². The lowest BCUT2D eigenvalue weighted by atomic mass is 9.84. The monoisotopic (exact) mass is 294 g/mol. The third-order valence-electron chi connectivity index (χ3n) is 4.89. The van der Waals surface area contributed by atoms with Crippen molar-refractivity contribution in [2.24, 2.45) is 5.92 Å². The molecule has 2 saturated heterocycles. The first-order valence-electron chi connectivity index (χ1n) is 7.52. The van der Waals surface area contributed by atoms with Crippen molar-refractivity contribution < 1.29 is 0 Å². The van der Waals surface area contributed by atoms with Gasteiger partial charge in [-0.15, -0.1) is 0 Å². The fraction of sp³-hybridized carbons (Fsp3) is 0.733. The van der Waals surface area contributed by atoms with Crippen LogP contribution in [0.3, 0.4) is 0 Å². The summed E-state index contributed by atoms with van der Waals surface area (Å²) in [5, 5.41) is 0.552. The molecule has 2 atom stereocenters. The maximum atomic E-state index is 6.31. The van der Waals surface area contributed by atoms with Gasteiger partial charge in [-0.3, -0.25) is 0 Å². The maximum absolute atomic E-state index is 6.31. The van der Waals surface area contributed by atoms with Crippen LogP contribution in [0.15, 0.2) is 0 Å². The van der Waals surface area contributed by atoms with Crippen LogP contribution in [-0.2, 0) is 0 Å². The summed E-state index contributed by atoms with van der Waals surface area (Å²) in [7, 11) is 2.26. The number of aromatic nitrogens is 2. The Hall–Kier alpha value is -0.870. The van der Waals surface area contributed by atoms with Gasteiger partial charge in [0.1, 0.15) is 0 Å². The summed E-state index contributed by atoms with van der Waals surface area (Å²) < 4.78 is 0. The van der Waals surface area contributed by atoms with Crippen molar-refractivity contribution in [1.29, 1.82) is 0 Å². The second-order valence-corrected chi connectivity index (χ2v) is 6.55. The zero-order valence-electron chi connectivity index (χ0n) is 12.6. The van der Waals surface area contributed by atoms with E-state index in [1.54, 1.807) is 0 Å². The molecule has 0 bridgehead atoms. The van der Waals surface area contributed by atoms with E-state index in [0.29, 0.717) is 5.15 Å². The zero-order valence-corrected chi connectivity index (χ0v) is 13.3. The molecule has 0 aromatic carbocycles. The molecule has 0 saturated carbocycles. The van der Waals surface area contributed by atoms with Gasteiger partial charge in [-0.05, 0) is 52.6 Å². The van der Waals surface area contributed by atoms with E-state index >= 15 is 0 Å². The lowest BCUT2D eigenvalue weighted by molar-refractivity contribution is 0.102. The van der Waals surface area contributed by atoms with Gasteiger partial charge in [0.15, 0.2) is 11.0 Å². The first-order chi connectivity index (χ1) is 9.56. The lowest BCUT2D eigenvalue weighted by Crippen LogP contribution is -2.53. The molecule has 2 fully saturated rings. The van der Waals surface area contributed by atoms with Crippen molar-refractivity contribution >= 4 is 17.4 Å². The van der Waals surface area contributed by atoms with E-state index in [-0.39, 0.29) is 0 Å². The van der Waals surface area contributed by atoms with Crippen molar-refractivity contribution in [3.63, 3.8) is 0 Å². The summed E-state index contributed by atoms with van der Waals surface area (Å²) in [4.78, 5) is 14.0. The Labute approximate surface area is 126 Å². The molecule has 0 amide bonds. The summed E-state index contributed by atoms with van der Waals surface area (Å²) in [5.74, 6) is 1.61. The lowest BCUT2D eigenvalue weighted by Gasteiger charge is -2.46. The first kappa shape index (κ1) is 14.1. The number of nitrogens with zero attached hydrogens (tertiary/aromatic N) is 4. The van der Waals surface area contributed by atoms with Crippen LogP contribution < -0.4 is 4.90 Å². The van der Waals surface area contributed by atoms with Crippen molar-refractivity contribution in [1.82, 2.24) is 14.9 Å². The fourth-order valence-electron chi connectivity index (χ4n) is 3.61. The third kappa shape index (κ3) is 2.51. The summed E-state index contributed by atoms with van der Waals surface area (Å²) in [6.07, 6.45) is 3.82. The average Bonchev–Trinajstić information content (AvgIpc) is 2.43. The highest BCUT2D eigenvalue weighted by Gasteiger charge is 2.35. The molecule has 20 heavy (non-hydrogen) atoms. The average molecular weight is 295 g/mol. The Kier molecular flexibility index (Phi) is 3.87. The number of anilines is 1. The molecule has 0 N–H and O–H groups in total. The van der Waals surface area contributed by atoms with Crippen LogP contribution >= 0.6 is 11.6 Å². The molecule has 2 aliphatic rings. The first-order valence-corrected chi connectivity index (χ1v) is 7.90. The maximum Gasteiger partial charge on any atom is 0.171 e. The number of aryl methyl sites for hydroxylation is 2. The van der Waals surface area contributed by atoms with Crippen LogP contribution in [0.1, 0.15) is 30.7 Å². The molecule has 2 aliphatic heterocycles. The normalized spacial score (nSPS) is 27.5. The molecule has 2 unspecified atom stereocenters. The molecule has 0 aliphatic carbocycles. The predicted molar refractivity (Wildman–Crippen MR) is 82.5 cm³/mol. The van der Waals surface area contributed by atoms with Crippen LogP contribution in [0.4, 0.5) is 5.82 Å². The quantitative estimate of drug-likeness (QED) is 0.797. The second-order valence-electron chi connectivity index (χ2n) is 6.19. The van der Waals surface area contributed by atoms with Gasteiger partial charge in [0, 0.05) is 19.1 Å². The molecule has 110 valence electrons. The van der Waals surface area contributed by atoms with Crippen molar-refractivity contribution in [2.45, 2.75) is 39.2 Å². The van der Waals surface area contributed by atoms with Gasteiger partial charge in [-0.25, -0.2) is 9.97 Å². The SMILES string of the molecule is Cc1nc(Cl)c(N2CCC3C(CCCN3C)C2)nc1C. The third-order valence-corrected chi connectivity index (χ3v) is 5.15. The van der Waals surface area contributed by atoms with E-state index in [1.807, 2.05) is 13.8 Å². The van der Waals surface area contributed by atoms with E-state index in [0.717, 1.165) is 42.3 Å². The molecular formula is C15H23ClN4. The van der Waals surface area contributed by atoms with E-state index in [1.165, 1.54) is 25.8 Å². The summed E-state index contributed by atoms with van der Waals surface area (Å²) in [6.45, 7) is 7.29. The summed E-state index contributed by atoms with van der Waals surface area (Å²) in [5.41, 5.74) is 1.90. The van der Waals surface area contributed by atoms with E-state index in [4.69, 9.17) is 11.6 Å². The van der Waals surface area contributed by atoms with Crippen LogP contribution in [0.5, 0.6) is 0 Å². The fourth-order valence-corrected chi connectivity index (χ4v) is 3.90. The number of fused-ring (bicyclic) bond motifs is 1. The number of hydrogen-bond acceptors (Lipinski definition) is 4. The number of halogens is 1. The molecule has 0 radical (unpaired) electrons. The van der Waals surface area contributed by atoms with Gasteiger partial charge >= 0.3 is 0 Å².